The number of aryl methyl sites for hydroxylation is 1. The number of anilines is 1. The first-order chi connectivity index (χ1) is 13.9. The van der Waals surface area contributed by atoms with Crippen LogP contribution in [0.15, 0.2) is 52.3 Å². The number of thioether (sulfide) groups is 1. The fraction of sp³-hybridized carbons (Fsp3) is 0.409. The zero-order valence-electron chi connectivity index (χ0n) is 16.8. The summed E-state index contributed by atoms with van der Waals surface area (Å²) >= 11 is 1.83. The number of sulfonamides is 1. The van der Waals surface area contributed by atoms with E-state index < -0.39 is 16.0 Å². The van der Waals surface area contributed by atoms with Crippen molar-refractivity contribution in [3.8, 4) is 0 Å². The van der Waals surface area contributed by atoms with E-state index in [1.807, 2.05) is 23.9 Å². The van der Waals surface area contributed by atoms with Crippen molar-refractivity contribution in [2.75, 3.05) is 17.6 Å². The average Bonchev–Trinajstić information content (AvgIpc) is 2.73. The fourth-order valence-corrected chi connectivity index (χ4v) is 5.67. The van der Waals surface area contributed by atoms with Crippen molar-refractivity contribution < 1.29 is 17.9 Å². The number of hydrogen-bond donors (Lipinski definition) is 1. The van der Waals surface area contributed by atoms with Crippen LogP contribution in [0, 0.1) is 12.8 Å². The zero-order chi connectivity index (χ0) is 20.9. The number of hydrogen-bond acceptors (Lipinski definition) is 5. The number of ether oxygens (including phenoxy) is 1. The number of carbonyl (C=O) groups is 1. The smallest absolute Gasteiger partial charge is 0.338 e. The lowest BCUT2D eigenvalue weighted by Gasteiger charge is -2.20. The lowest BCUT2D eigenvalue weighted by atomic mass is 9.91. The van der Waals surface area contributed by atoms with E-state index in [1.165, 1.54) is 51.3 Å². The maximum Gasteiger partial charge on any atom is 0.338 e. The summed E-state index contributed by atoms with van der Waals surface area (Å²) in [5.74, 6) is 1.35. The Kier molecular flexibility index (Phi) is 7.24. The number of rotatable bonds is 7. The molecule has 156 valence electrons. The molecule has 2 aromatic rings. The summed E-state index contributed by atoms with van der Waals surface area (Å²) in [6, 6.07) is 11.9. The zero-order valence-corrected chi connectivity index (χ0v) is 18.4. The monoisotopic (exact) mass is 433 g/mol. The van der Waals surface area contributed by atoms with Gasteiger partial charge in [-0.2, -0.15) is 0 Å². The van der Waals surface area contributed by atoms with Crippen LogP contribution in [-0.4, -0.2) is 27.2 Å². The van der Waals surface area contributed by atoms with Gasteiger partial charge in [-0.15, -0.1) is 11.8 Å². The molecule has 0 bridgehead atoms. The second-order valence-electron chi connectivity index (χ2n) is 7.41. The third kappa shape index (κ3) is 5.76. The minimum atomic E-state index is -3.80. The lowest BCUT2D eigenvalue weighted by molar-refractivity contribution is 0.0599. The molecule has 1 saturated carbocycles. The molecule has 0 saturated heterocycles. The van der Waals surface area contributed by atoms with Gasteiger partial charge >= 0.3 is 5.97 Å². The van der Waals surface area contributed by atoms with Gasteiger partial charge in [-0.1, -0.05) is 25.3 Å². The van der Waals surface area contributed by atoms with Crippen molar-refractivity contribution in [2.45, 2.75) is 48.8 Å². The van der Waals surface area contributed by atoms with Crippen molar-refractivity contribution in [1.82, 2.24) is 0 Å². The molecule has 1 aliphatic carbocycles. The second kappa shape index (κ2) is 9.67. The summed E-state index contributed by atoms with van der Waals surface area (Å²) in [4.78, 5) is 13.0. The summed E-state index contributed by atoms with van der Waals surface area (Å²) in [5.41, 5.74) is 1.40. The van der Waals surface area contributed by atoms with Crippen LogP contribution >= 0.6 is 11.8 Å². The molecule has 1 N–H and O–H groups in total. The molecule has 7 heteroatoms. The lowest BCUT2D eigenvalue weighted by Crippen LogP contribution is -2.14. The third-order valence-corrected chi connectivity index (χ3v) is 7.86. The van der Waals surface area contributed by atoms with Crippen molar-refractivity contribution in [3.63, 3.8) is 0 Å². The molecule has 0 unspecified atom stereocenters. The van der Waals surface area contributed by atoms with Crippen molar-refractivity contribution in [3.05, 3.63) is 53.6 Å². The van der Waals surface area contributed by atoms with E-state index in [1.54, 1.807) is 25.1 Å². The molecule has 1 aliphatic rings. The molecule has 29 heavy (non-hydrogen) atoms. The van der Waals surface area contributed by atoms with Crippen LogP contribution < -0.4 is 4.72 Å². The van der Waals surface area contributed by atoms with Gasteiger partial charge in [-0.05, 0) is 67.6 Å². The first-order valence-corrected chi connectivity index (χ1v) is 12.3. The van der Waals surface area contributed by atoms with Crippen LogP contribution in [0.3, 0.4) is 0 Å². The molecule has 0 spiro atoms. The first-order valence-electron chi connectivity index (χ1n) is 9.84. The van der Waals surface area contributed by atoms with E-state index >= 15 is 0 Å². The minimum absolute atomic E-state index is 0.0271. The van der Waals surface area contributed by atoms with Gasteiger partial charge in [0.05, 0.1) is 17.6 Å². The highest BCUT2D eigenvalue weighted by Crippen LogP contribution is 2.30. The van der Waals surface area contributed by atoms with Crippen molar-refractivity contribution in [1.29, 1.82) is 0 Å². The SMILES string of the molecule is COC(=O)c1cc(S(=O)(=O)Nc2ccc(SCC3CCCCC3)cc2)ccc1C. The van der Waals surface area contributed by atoms with Gasteiger partial charge in [0.1, 0.15) is 0 Å². The third-order valence-electron chi connectivity index (χ3n) is 5.24. The van der Waals surface area contributed by atoms with Gasteiger partial charge in [0.15, 0.2) is 0 Å². The largest absolute Gasteiger partial charge is 0.465 e. The van der Waals surface area contributed by atoms with Gasteiger partial charge < -0.3 is 4.74 Å². The summed E-state index contributed by atoms with van der Waals surface area (Å²) in [6.07, 6.45) is 6.66. The van der Waals surface area contributed by atoms with E-state index in [0.29, 0.717) is 11.3 Å². The van der Waals surface area contributed by atoms with Gasteiger partial charge in [0.2, 0.25) is 0 Å². The quantitative estimate of drug-likeness (QED) is 0.477. The van der Waals surface area contributed by atoms with Crippen molar-refractivity contribution >= 4 is 33.4 Å². The van der Waals surface area contributed by atoms with E-state index in [0.717, 1.165) is 16.6 Å². The number of nitrogens with one attached hydrogen (secondary N) is 1. The van der Waals surface area contributed by atoms with Gasteiger partial charge in [-0.3, -0.25) is 4.72 Å². The molecule has 0 radical (unpaired) electrons. The van der Waals surface area contributed by atoms with Crippen LogP contribution in [0.1, 0.15) is 48.0 Å². The normalized spacial score (nSPS) is 15.1. The molecule has 0 aliphatic heterocycles. The number of benzene rings is 2. The highest BCUT2D eigenvalue weighted by Gasteiger charge is 2.19. The summed E-state index contributed by atoms with van der Waals surface area (Å²) < 4.78 is 32.8. The van der Waals surface area contributed by atoms with Crippen LogP contribution in [0.2, 0.25) is 0 Å². The van der Waals surface area contributed by atoms with E-state index in [-0.39, 0.29) is 10.5 Å². The van der Waals surface area contributed by atoms with Crippen molar-refractivity contribution in [2.24, 2.45) is 5.92 Å². The number of carbonyl (C=O) groups excluding carboxylic acids is 1. The minimum Gasteiger partial charge on any atom is -0.465 e. The predicted octanol–water partition coefficient (Wildman–Crippen LogP) is 5.25. The molecule has 2 aromatic carbocycles. The van der Waals surface area contributed by atoms with Crippen LogP contribution in [0.4, 0.5) is 5.69 Å². The molecular formula is C22H27NO4S2. The molecule has 0 aromatic heterocycles. The van der Waals surface area contributed by atoms with E-state index in [2.05, 4.69) is 4.72 Å². The van der Waals surface area contributed by atoms with Gasteiger partial charge in [-0.25, -0.2) is 13.2 Å². The van der Waals surface area contributed by atoms with Crippen LogP contribution in [0.25, 0.3) is 0 Å². The Balaban J connectivity index is 1.66. The van der Waals surface area contributed by atoms with Crippen LogP contribution in [0.5, 0.6) is 0 Å². The summed E-state index contributed by atoms with van der Waals surface area (Å²) in [7, 11) is -2.53. The Morgan fingerprint density at radius 1 is 1.10 bits per heavy atom. The van der Waals surface area contributed by atoms with E-state index in [9.17, 15) is 13.2 Å². The molecule has 0 heterocycles. The Morgan fingerprint density at radius 2 is 1.79 bits per heavy atom. The Labute approximate surface area is 177 Å². The second-order valence-corrected chi connectivity index (χ2v) is 10.2. The number of esters is 1. The fourth-order valence-electron chi connectivity index (χ4n) is 3.50. The highest BCUT2D eigenvalue weighted by molar-refractivity contribution is 7.99. The Bertz CT molecular complexity index is 949. The predicted molar refractivity (Wildman–Crippen MR) is 117 cm³/mol. The molecule has 5 nitrogen and oxygen atoms in total. The molecule has 0 amide bonds. The molecule has 3 rings (SSSR count). The molecule has 0 atom stereocenters. The van der Waals surface area contributed by atoms with Gasteiger partial charge in [0.25, 0.3) is 10.0 Å². The first kappa shape index (κ1) is 21.7. The molecule has 1 fully saturated rings. The average molecular weight is 434 g/mol. The van der Waals surface area contributed by atoms with E-state index in [4.69, 9.17) is 4.74 Å². The highest BCUT2D eigenvalue weighted by atomic mass is 32.2. The maximum absolute atomic E-state index is 12.7. The summed E-state index contributed by atoms with van der Waals surface area (Å²) in [5, 5.41) is 0. The molecular weight excluding hydrogens is 406 g/mol. The summed E-state index contributed by atoms with van der Waals surface area (Å²) in [6.45, 7) is 1.74. The Morgan fingerprint density at radius 3 is 2.45 bits per heavy atom. The standard InChI is InChI=1S/C22H27NO4S2/c1-16-8-13-20(14-21(16)22(24)27-2)29(25,26)23-18-9-11-19(12-10-18)28-15-17-6-4-3-5-7-17/h8-14,17,23H,3-7,15H2,1-2H3. The maximum atomic E-state index is 12.7. The van der Waals surface area contributed by atoms with Gasteiger partial charge in [0, 0.05) is 16.3 Å². The topological polar surface area (TPSA) is 72.5 Å². The van der Waals surface area contributed by atoms with Crippen LogP contribution in [-0.2, 0) is 14.8 Å². The number of methoxy groups -OCH3 is 1. The Hall–Kier alpha value is -1.99.